The van der Waals surface area contributed by atoms with E-state index in [0.717, 1.165) is 0 Å². The van der Waals surface area contributed by atoms with Gasteiger partial charge in [-0.1, -0.05) is 48.6 Å². The fraction of sp³-hybridized carbons (Fsp3) is 0.100. The van der Waals surface area contributed by atoms with Crippen LogP contribution in [0.3, 0.4) is 0 Å². The number of allylic oxidation sites excluding steroid dienone is 1. The Morgan fingerprint density at radius 2 is 2.00 bits per heavy atom. The van der Waals surface area contributed by atoms with Gasteiger partial charge >= 0.3 is 0 Å². The van der Waals surface area contributed by atoms with Crippen LogP contribution in [0, 0.1) is 6.92 Å². The van der Waals surface area contributed by atoms with Gasteiger partial charge in [-0.25, -0.2) is 0 Å². The van der Waals surface area contributed by atoms with E-state index in [9.17, 15) is 0 Å². The highest BCUT2D eigenvalue weighted by Gasteiger charge is 1.88. The molecule has 0 nitrogen and oxygen atoms in total. The van der Waals surface area contributed by atoms with Crippen LogP contribution in [0.15, 0.2) is 30.3 Å². The van der Waals surface area contributed by atoms with Gasteiger partial charge in [-0.15, -0.1) is 0 Å². The molecule has 0 aliphatic carbocycles. The van der Waals surface area contributed by atoms with Crippen LogP contribution >= 0.6 is 12.2 Å². The first-order valence-corrected chi connectivity index (χ1v) is 3.99. The molecule has 0 atom stereocenters. The van der Waals surface area contributed by atoms with Crippen LogP contribution in [0.25, 0.3) is 6.08 Å². The van der Waals surface area contributed by atoms with Gasteiger partial charge in [0, 0.05) is 5.37 Å². The predicted molar refractivity (Wildman–Crippen MR) is 53.9 cm³/mol. The van der Waals surface area contributed by atoms with E-state index in [1.165, 1.54) is 11.1 Å². The smallest absolute Gasteiger partial charge is 0.00137 e. The molecule has 0 aliphatic rings. The van der Waals surface area contributed by atoms with E-state index >= 15 is 0 Å². The maximum Gasteiger partial charge on any atom is 0.00137 e. The van der Waals surface area contributed by atoms with Crippen molar-refractivity contribution in [3.63, 3.8) is 0 Å². The van der Waals surface area contributed by atoms with Crippen molar-refractivity contribution in [2.45, 2.75) is 6.92 Å². The van der Waals surface area contributed by atoms with Gasteiger partial charge in [0.05, 0.1) is 0 Å². The lowest BCUT2D eigenvalue weighted by molar-refractivity contribution is 1.45. The van der Waals surface area contributed by atoms with Crippen molar-refractivity contribution >= 4 is 23.7 Å². The predicted octanol–water partition coefficient (Wildman–Crippen LogP) is 3.01. The third-order valence-corrected chi connectivity index (χ3v) is 1.70. The van der Waals surface area contributed by atoms with Crippen molar-refractivity contribution in [3.8, 4) is 0 Å². The molecule has 0 aliphatic heterocycles. The Hall–Kier alpha value is -0.950. The highest BCUT2D eigenvalue weighted by atomic mass is 32.1. The molecular formula is C10H10S. The third-order valence-electron chi connectivity index (χ3n) is 1.54. The molecule has 1 heteroatoms. The summed E-state index contributed by atoms with van der Waals surface area (Å²) >= 11 is 4.68. The quantitative estimate of drug-likeness (QED) is 0.476. The van der Waals surface area contributed by atoms with Crippen LogP contribution in [0.5, 0.6) is 0 Å². The topological polar surface area (TPSA) is 0 Å². The third kappa shape index (κ3) is 2.28. The minimum Gasteiger partial charge on any atom is -0.0887 e. The molecule has 0 spiro atoms. The Morgan fingerprint density at radius 1 is 1.27 bits per heavy atom. The van der Waals surface area contributed by atoms with Crippen molar-refractivity contribution in [1.29, 1.82) is 0 Å². The second-order valence-electron chi connectivity index (χ2n) is 2.35. The van der Waals surface area contributed by atoms with E-state index in [1.54, 1.807) is 5.37 Å². The SMILES string of the molecule is Cc1ccccc1/C=C/C=S. The van der Waals surface area contributed by atoms with Crippen molar-refractivity contribution < 1.29 is 0 Å². The molecule has 1 aromatic rings. The molecular weight excluding hydrogens is 152 g/mol. The van der Waals surface area contributed by atoms with Crippen LogP contribution in [-0.4, -0.2) is 5.37 Å². The fourth-order valence-electron chi connectivity index (χ4n) is 0.917. The monoisotopic (exact) mass is 162 g/mol. The summed E-state index contributed by atoms with van der Waals surface area (Å²) in [6.07, 6.45) is 3.89. The van der Waals surface area contributed by atoms with E-state index < -0.39 is 0 Å². The lowest BCUT2D eigenvalue weighted by atomic mass is 10.1. The number of hydrogen-bond acceptors (Lipinski definition) is 1. The summed E-state index contributed by atoms with van der Waals surface area (Å²) in [5.74, 6) is 0. The Kier molecular flexibility index (Phi) is 2.99. The van der Waals surface area contributed by atoms with Gasteiger partial charge in [0.15, 0.2) is 0 Å². The Labute approximate surface area is 72.6 Å². The number of thiocarbonyl (C=S) groups is 1. The molecule has 56 valence electrons. The van der Waals surface area contributed by atoms with Crippen LogP contribution < -0.4 is 0 Å². The first kappa shape index (κ1) is 8.15. The Balaban J connectivity index is 2.94. The molecule has 0 N–H and O–H groups in total. The normalized spacial score (nSPS) is 10.3. The molecule has 0 radical (unpaired) electrons. The van der Waals surface area contributed by atoms with E-state index in [2.05, 4.69) is 31.3 Å². The summed E-state index contributed by atoms with van der Waals surface area (Å²) in [5.41, 5.74) is 2.51. The van der Waals surface area contributed by atoms with Crippen molar-refractivity contribution in [3.05, 3.63) is 41.5 Å². The van der Waals surface area contributed by atoms with E-state index in [-0.39, 0.29) is 0 Å². The molecule has 0 aromatic heterocycles. The van der Waals surface area contributed by atoms with E-state index in [4.69, 9.17) is 0 Å². The first-order valence-electron chi connectivity index (χ1n) is 3.52. The number of benzene rings is 1. The molecule has 0 saturated heterocycles. The molecule has 0 amide bonds. The fourth-order valence-corrected chi connectivity index (χ4v) is 0.995. The molecule has 0 heterocycles. The van der Waals surface area contributed by atoms with Crippen molar-refractivity contribution in [1.82, 2.24) is 0 Å². The highest BCUT2D eigenvalue weighted by Crippen LogP contribution is 2.07. The number of aryl methyl sites for hydroxylation is 1. The van der Waals surface area contributed by atoms with Gasteiger partial charge in [0.1, 0.15) is 0 Å². The van der Waals surface area contributed by atoms with Crippen LogP contribution in [0.2, 0.25) is 0 Å². The van der Waals surface area contributed by atoms with Gasteiger partial charge in [-0.2, -0.15) is 0 Å². The van der Waals surface area contributed by atoms with Crippen molar-refractivity contribution in [2.24, 2.45) is 0 Å². The first-order chi connectivity index (χ1) is 5.34. The second-order valence-corrected chi connectivity index (χ2v) is 2.62. The molecule has 1 rings (SSSR count). The van der Waals surface area contributed by atoms with Crippen LogP contribution in [0.1, 0.15) is 11.1 Å². The van der Waals surface area contributed by atoms with Crippen LogP contribution in [0.4, 0.5) is 0 Å². The number of rotatable bonds is 2. The zero-order valence-corrected chi connectivity index (χ0v) is 7.27. The molecule has 0 fully saturated rings. The maximum atomic E-state index is 4.68. The molecule has 0 unspecified atom stereocenters. The van der Waals surface area contributed by atoms with Gasteiger partial charge in [0.25, 0.3) is 0 Å². The number of hydrogen-bond donors (Lipinski definition) is 0. The van der Waals surface area contributed by atoms with Gasteiger partial charge < -0.3 is 0 Å². The average Bonchev–Trinajstić information content (AvgIpc) is 2.03. The van der Waals surface area contributed by atoms with Gasteiger partial charge in [0.2, 0.25) is 0 Å². The molecule has 0 bridgehead atoms. The zero-order chi connectivity index (χ0) is 8.10. The Morgan fingerprint density at radius 3 is 2.64 bits per heavy atom. The van der Waals surface area contributed by atoms with Crippen molar-refractivity contribution in [2.75, 3.05) is 0 Å². The minimum absolute atomic E-state index is 1.23. The minimum atomic E-state index is 1.23. The van der Waals surface area contributed by atoms with Crippen LogP contribution in [-0.2, 0) is 0 Å². The molecule has 0 saturated carbocycles. The summed E-state index contributed by atoms with van der Waals surface area (Å²) in [7, 11) is 0. The van der Waals surface area contributed by atoms with E-state index in [0.29, 0.717) is 0 Å². The molecule has 11 heavy (non-hydrogen) atoms. The van der Waals surface area contributed by atoms with Gasteiger partial charge in [-0.3, -0.25) is 0 Å². The zero-order valence-electron chi connectivity index (χ0n) is 6.45. The summed E-state index contributed by atoms with van der Waals surface area (Å²) in [6, 6.07) is 8.22. The summed E-state index contributed by atoms with van der Waals surface area (Å²) in [6.45, 7) is 2.09. The standard InChI is InChI=1S/C10H10S/c1-9-5-2-3-6-10(9)7-4-8-11/h2-8H,1H3/b7-4+. The highest BCUT2D eigenvalue weighted by molar-refractivity contribution is 7.79. The second kappa shape index (κ2) is 4.04. The van der Waals surface area contributed by atoms with E-state index in [1.807, 2.05) is 24.3 Å². The largest absolute Gasteiger partial charge is 0.0887 e. The van der Waals surface area contributed by atoms with Gasteiger partial charge in [-0.05, 0) is 18.1 Å². The Bertz CT molecular complexity index is 274. The maximum absolute atomic E-state index is 4.68. The summed E-state index contributed by atoms with van der Waals surface area (Å²) < 4.78 is 0. The average molecular weight is 162 g/mol. The lowest BCUT2D eigenvalue weighted by Gasteiger charge is -1.96. The summed E-state index contributed by atoms with van der Waals surface area (Å²) in [5, 5.41) is 1.62. The molecule has 1 aromatic carbocycles. The lowest BCUT2D eigenvalue weighted by Crippen LogP contribution is -1.77. The summed E-state index contributed by atoms with van der Waals surface area (Å²) in [4.78, 5) is 0.